The van der Waals surface area contributed by atoms with Gasteiger partial charge in [-0.2, -0.15) is 0 Å². The van der Waals surface area contributed by atoms with Crippen molar-refractivity contribution in [1.82, 2.24) is 0 Å². The highest BCUT2D eigenvalue weighted by Crippen LogP contribution is 2.21. The van der Waals surface area contributed by atoms with E-state index >= 15 is 0 Å². The Bertz CT molecular complexity index is 430. The van der Waals surface area contributed by atoms with Crippen LogP contribution in [0.1, 0.15) is 17.3 Å². The summed E-state index contributed by atoms with van der Waals surface area (Å²) in [6.07, 6.45) is 0. The molecular weight excluding hydrogens is 226 g/mol. The highest BCUT2D eigenvalue weighted by atomic mass is 16.5. The number of phenols is 1. The van der Waals surface area contributed by atoms with Crippen LogP contribution in [-0.4, -0.2) is 35.3 Å². The van der Waals surface area contributed by atoms with Gasteiger partial charge in [-0.1, -0.05) is 0 Å². The Kier molecular flexibility index (Phi) is 4.47. The summed E-state index contributed by atoms with van der Waals surface area (Å²) in [6, 6.07) is 3.68. The van der Waals surface area contributed by atoms with Crippen LogP contribution in [0.2, 0.25) is 0 Å². The first kappa shape index (κ1) is 13.0. The largest absolute Gasteiger partial charge is 0.508 e. The third-order valence-corrected chi connectivity index (χ3v) is 1.94. The molecule has 6 heteroatoms. The van der Waals surface area contributed by atoms with Crippen molar-refractivity contribution in [3.8, 4) is 5.75 Å². The van der Waals surface area contributed by atoms with Gasteiger partial charge in [0.05, 0.1) is 11.3 Å². The molecule has 1 aromatic carbocycles. The minimum Gasteiger partial charge on any atom is -0.508 e. The maximum Gasteiger partial charge on any atom is 0.337 e. The summed E-state index contributed by atoms with van der Waals surface area (Å²) in [5, 5.41) is 20.4. The molecular formula is C11H13NO5. The zero-order valence-corrected chi connectivity index (χ0v) is 9.27. The number of nitrogens with one attached hydrogen (secondary N) is 1. The van der Waals surface area contributed by atoms with Gasteiger partial charge in [0.2, 0.25) is 5.91 Å². The van der Waals surface area contributed by atoms with E-state index in [-0.39, 0.29) is 23.6 Å². The van der Waals surface area contributed by atoms with Crippen molar-refractivity contribution in [1.29, 1.82) is 0 Å². The fourth-order valence-corrected chi connectivity index (χ4v) is 1.20. The lowest BCUT2D eigenvalue weighted by Gasteiger charge is -2.08. The molecule has 0 spiro atoms. The average molecular weight is 239 g/mol. The Morgan fingerprint density at radius 3 is 2.71 bits per heavy atom. The summed E-state index contributed by atoms with van der Waals surface area (Å²) in [6.45, 7) is 2.00. The number of carbonyl (C=O) groups excluding carboxylic acids is 1. The number of aromatic carboxylic acids is 1. The molecule has 0 aliphatic heterocycles. The minimum atomic E-state index is -1.23. The van der Waals surface area contributed by atoms with Crippen LogP contribution in [0.25, 0.3) is 0 Å². The number of aromatic hydroxyl groups is 1. The maximum atomic E-state index is 11.3. The summed E-state index contributed by atoms with van der Waals surface area (Å²) in [4.78, 5) is 22.2. The summed E-state index contributed by atoms with van der Waals surface area (Å²) in [5.74, 6) is -1.85. The van der Waals surface area contributed by atoms with Crippen molar-refractivity contribution in [2.75, 3.05) is 18.5 Å². The second-order valence-electron chi connectivity index (χ2n) is 3.22. The van der Waals surface area contributed by atoms with Crippen LogP contribution in [0.3, 0.4) is 0 Å². The zero-order chi connectivity index (χ0) is 12.8. The number of hydrogen-bond donors (Lipinski definition) is 3. The average Bonchev–Trinajstić information content (AvgIpc) is 2.28. The lowest BCUT2D eigenvalue weighted by molar-refractivity contribution is -0.120. The molecule has 3 N–H and O–H groups in total. The monoisotopic (exact) mass is 239 g/mol. The summed E-state index contributed by atoms with van der Waals surface area (Å²) in [7, 11) is 0. The van der Waals surface area contributed by atoms with Gasteiger partial charge >= 0.3 is 5.97 Å². The van der Waals surface area contributed by atoms with Gasteiger partial charge in [-0.15, -0.1) is 0 Å². The van der Waals surface area contributed by atoms with Crippen LogP contribution in [0.5, 0.6) is 5.75 Å². The summed E-state index contributed by atoms with van der Waals surface area (Å²) >= 11 is 0. The van der Waals surface area contributed by atoms with E-state index in [1.165, 1.54) is 12.1 Å². The van der Waals surface area contributed by atoms with Crippen LogP contribution in [-0.2, 0) is 9.53 Å². The Morgan fingerprint density at radius 2 is 2.12 bits per heavy atom. The predicted octanol–water partition coefficient (Wildman–Crippen LogP) is 1.07. The lowest BCUT2D eigenvalue weighted by Crippen LogP contribution is -2.19. The van der Waals surface area contributed by atoms with E-state index in [1.54, 1.807) is 6.92 Å². The number of carboxylic acids is 1. The van der Waals surface area contributed by atoms with Crippen molar-refractivity contribution in [3.63, 3.8) is 0 Å². The molecule has 0 fully saturated rings. The topological polar surface area (TPSA) is 95.9 Å². The molecule has 92 valence electrons. The molecule has 0 saturated heterocycles. The first-order chi connectivity index (χ1) is 8.04. The van der Waals surface area contributed by atoms with Crippen LogP contribution >= 0.6 is 0 Å². The van der Waals surface area contributed by atoms with Gasteiger partial charge in [0, 0.05) is 6.61 Å². The Balaban J connectivity index is 2.83. The quantitative estimate of drug-likeness (QED) is 0.668. The number of ether oxygens (including phenoxy) is 1. The normalized spacial score (nSPS) is 9.94. The highest BCUT2D eigenvalue weighted by molar-refractivity contribution is 6.01. The molecule has 0 saturated carbocycles. The van der Waals surface area contributed by atoms with Crippen molar-refractivity contribution in [3.05, 3.63) is 23.8 Å². The SMILES string of the molecule is CCOCC(=O)Nc1ccc(O)cc1C(=O)O. The van der Waals surface area contributed by atoms with Gasteiger partial charge in [0.15, 0.2) is 0 Å². The molecule has 1 rings (SSSR count). The Morgan fingerprint density at radius 1 is 1.41 bits per heavy atom. The third kappa shape index (κ3) is 3.76. The van der Waals surface area contributed by atoms with Crippen molar-refractivity contribution in [2.45, 2.75) is 6.92 Å². The van der Waals surface area contributed by atoms with Crippen molar-refractivity contribution < 1.29 is 24.5 Å². The molecule has 0 radical (unpaired) electrons. The van der Waals surface area contributed by atoms with E-state index < -0.39 is 11.9 Å². The second-order valence-corrected chi connectivity index (χ2v) is 3.22. The number of rotatable bonds is 5. The van der Waals surface area contributed by atoms with E-state index in [0.717, 1.165) is 6.07 Å². The number of amides is 1. The molecule has 0 bridgehead atoms. The maximum absolute atomic E-state index is 11.3. The zero-order valence-electron chi connectivity index (χ0n) is 9.27. The van der Waals surface area contributed by atoms with Gasteiger partial charge in [0.25, 0.3) is 0 Å². The van der Waals surface area contributed by atoms with Crippen molar-refractivity contribution >= 4 is 17.6 Å². The Hall–Kier alpha value is -2.08. The molecule has 0 unspecified atom stereocenters. The van der Waals surface area contributed by atoms with E-state index in [9.17, 15) is 9.59 Å². The number of anilines is 1. The first-order valence-corrected chi connectivity index (χ1v) is 4.98. The number of benzene rings is 1. The number of phenolic OH excluding ortho intramolecular Hbond substituents is 1. The van der Waals surface area contributed by atoms with E-state index in [0.29, 0.717) is 6.61 Å². The molecule has 6 nitrogen and oxygen atoms in total. The van der Waals surface area contributed by atoms with E-state index in [1.807, 2.05) is 0 Å². The Labute approximate surface area is 97.8 Å². The smallest absolute Gasteiger partial charge is 0.337 e. The van der Waals surface area contributed by atoms with Gasteiger partial charge in [-0.3, -0.25) is 4.79 Å². The number of carbonyl (C=O) groups is 2. The van der Waals surface area contributed by atoms with Gasteiger partial charge < -0.3 is 20.3 Å². The number of hydrogen-bond acceptors (Lipinski definition) is 4. The summed E-state index contributed by atoms with van der Waals surface area (Å²) in [5.41, 5.74) is -0.0464. The minimum absolute atomic E-state index is 0.125. The molecule has 0 aromatic heterocycles. The van der Waals surface area contributed by atoms with Crippen LogP contribution in [0.4, 0.5) is 5.69 Å². The fourth-order valence-electron chi connectivity index (χ4n) is 1.20. The highest BCUT2D eigenvalue weighted by Gasteiger charge is 2.13. The predicted molar refractivity (Wildman–Crippen MR) is 60.2 cm³/mol. The summed E-state index contributed by atoms with van der Waals surface area (Å²) < 4.78 is 4.88. The van der Waals surface area contributed by atoms with E-state index in [2.05, 4.69) is 5.32 Å². The third-order valence-electron chi connectivity index (χ3n) is 1.94. The second kappa shape index (κ2) is 5.86. The van der Waals surface area contributed by atoms with Crippen molar-refractivity contribution in [2.24, 2.45) is 0 Å². The van der Waals surface area contributed by atoms with Gasteiger partial charge in [0.1, 0.15) is 12.4 Å². The first-order valence-electron chi connectivity index (χ1n) is 4.98. The standard InChI is InChI=1S/C11H13NO5/c1-2-17-6-10(14)12-9-4-3-7(13)5-8(9)11(15)16/h3-5,13H,2,6H2,1H3,(H,12,14)(H,15,16). The lowest BCUT2D eigenvalue weighted by atomic mass is 10.1. The van der Waals surface area contributed by atoms with Crippen LogP contribution in [0.15, 0.2) is 18.2 Å². The fraction of sp³-hybridized carbons (Fsp3) is 0.273. The molecule has 0 aliphatic carbocycles. The van der Waals surface area contributed by atoms with Crippen LogP contribution < -0.4 is 5.32 Å². The van der Waals surface area contributed by atoms with Crippen LogP contribution in [0, 0.1) is 0 Å². The van der Waals surface area contributed by atoms with Gasteiger partial charge in [-0.05, 0) is 25.1 Å². The van der Waals surface area contributed by atoms with E-state index in [4.69, 9.17) is 14.9 Å². The number of carboxylic acid groups (broad SMARTS) is 1. The van der Waals surface area contributed by atoms with Gasteiger partial charge in [-0.25, -0.2) is 4.79 Å². The molecule has 17 heavy (non-hydrogen) atoms. The molecule has 0 atom stereocenters. The molecule has 1 aromatic rings. The molecule has 0 heterocycles. The molecule has 0 aliphatic rings. The molecule has 1 amide bonds.